The quantitative estimate of drug-likeness (QED) is 0.918. The predicted octanol–water partition coefficient (Wildman–Crippen LogP) is 1.65. The lowest BCUT2D eigenvalue weighted by Crippen LogP contribution is -2.50. The van der Waals surface area contributed by atoms with Gasteiger partial charge >= 0.3 is 6.36 Å². The third-order valence-corrected chi connectivity index (χ3v) is 4.00. The summed E-state index contributed by atoms with van der Waals surface area (Å²) in [6, 6.07) is 5.58. The minimum atomic E-state index is -4.71. The van der Waals surface area contributed by atoms with Crippen LogP contribution in [-0.4, -0.2) is 42.7 Å². The van der Waals surface area contributed by atoms with Crippen molar-refractivity contribution in [1.82, 2.24) is 10.2 Å². The van der Waals surface area contributed by atoms with Crippen LogP contribution in [0.5, 0.6) is 5.75 Å². The molecule has 3 rings (SSSR count). The van der Waals surface area contributed by atoms with Crippen LogP contribution in [0.4, 0.5) is 13.2 Å². The van der Waals surface area contributed by atoms with Gasteiger partial charge in [-0.15, -0.1) is 13.2 Å². The van der Waals surface area contributed by atoms with E-state index in [1.807, 2.05) is 0 Å². The van der Waals surface area contributed by atoms with E-state index in [9.17, 15) is 22.8 Å². The van der Waals surface area contributed by atoms with E-state index in [2.05, 4.69) is 10.1 Å². The van der Waals surface area contributed by atoms with Crippen LogP contribution in [0.3, 0.4) is 0 Å². The molecule has 1 aromatic carbocycles. The van der Waals surface area contributed by atoms with Crippen LogP contribution >= 0.6 is 0 Å². The number of halogens is 3. The number of rotatable bonds is 3. The van der Waals surface area contributed by atoms with E-state index in [0.29, 0.717) is 19.5 Å². The van der Waals surface area contributed by atoms with Gasteiger partial charge in [-0.05, 0) is 30.0 Å². The van der Waals surface area contributed by atoms with Crippen LogP contribution in [0.15, 0.2) is 24.3 Å². The van der Waals surface area contributed by atoms with Crippen LogP contribution in [0, 0.1) is 5.92 Å². The van der Waals surface area contributed by atoms with Gasteiger partial charge in [0.1, 0.15) is 5.75 Å². The number of alkyl halides is 3. The second-order valence-electron chi connectivity index (χ2n) is 5.68. The maximum Gasteiger partial charge on any atom is 0.573 e. The summed E-state index contributed by atoms with van der Waals surface area (Å²) in [7, 11) is 0. The van der Waals surface area contributed by atoms with E-state index in [0.717, 1.165) is 5.56 Å². The van der Waals surface area contributed by atoms with E-state index in [4.69, 9.17) is 0 Å². The molecule has 2 aliphatic rings. The number of nitrogens with zero attached hydrogens (tertiary/aromatic N) is 1. The van der Waals surface area contributed by atoms with E-state index in [-0.39, 0.29) is 35.9 Å². The Kier molecular flexibility index (Phi) is 3.91. The fourth-order valence-electron chi connectivity index (χ4n) is 2.81. The van der Waals surface area contributed by atoms with Crippen molar-refractivity contribution in [1.29, 1.82) is 0 Å². The highest BCUT2D eigenvalue weighted by Crippen LogP contribution is 2.48. The molecular formula is C15H15F3N2O3. The van der Waals surface area contributed by atoms with E-state index in [1.54, 1.807) is 12.1 Å². The summed E-state index contributed by atoms with van der Waals surface area (Å²) < 4.78 is 40.2. The molecule has 0 unspecified atom stereocenters. The number of hydrogen-bond acceptors (Lipinski definition) is 3. The minimum absolute atomic E-state index is 0.00701. The Hall–Kier alpha value is -2.25. The normalized spacial score (nSPS) is 24.1. The van der Waals surface area contributed by atoms with Crippen LogP contribution in [0.25, 0.3) is 0 Å². The lowest BCUT2D eigenvalue weighted by atomic mass is 10.1. The molecule has 23 heavy (non-hydrogen) atoms. The van der Waals surface area contributed by atoms with Crippen molar-refractivity contribution in [2.45, 2.75) is 18.7 Å². The Bertz CT molecular complexity index is 615. The largest absolute Gasteiger partial charge is 0.573 e. The molecule has 0 radical (unpaired) electrons. The summed E-state index contributed by atoms with van der Waals surface area (Å²) in [5.74, 6) is -0.726. The van der Waals surface area contributed by atoms with Crippen molar-refractivity contribution >= 4 is 11.8 Å². The fraction of sp³-hybridized carbons (Fsp3) is 0.467. The first-order chi connectivity index (χ1) is 10.8. The second kappa shape index (κ2) is 5.75. The average molecular weight is 328 g/mol. The van der Waals surface area contributed by atoms with Gasteiger partial charge in [0.2, 0.25) is 11.8 Å². The number of carbonyl (C=O) groups excluding carboxylic acids is 2. The highest BCUT2D eigenvalue weighted by Gasteiger charge is 2.46. The summed E-state index contributed by atoms with van der Waals surface area (Å²) in [6.07, 6.45) is -4.06. The van der Waals surface area contributed by atoms with Gasteiger partial charge in [-0.3, -0.25) is 9.59 Å². The summed E-state index contributed by atoms with van der Waals surface area (Å²) in [5.41, 5.74) is 0.805. The molecule has 1 saturated heterocycles. The van der Waals surface area contributed by atoms with Gasteiger partial charge in [0.25, 0.3) is 0 Å². The SMILES string of the molecule is O=C1CN(C(=O)[C@@H]2C[C@H]2c2ccc(OC(F)(F)F)cc2)CCN1. The Morgan fingerprint density at radius 3 is 2.57 bits per heavy atom. The fourth-order valence-corrected chi connectivity index (χ4v) is 2.81. The first kappa shape index (κ1) is 15.6. The maximum atomic E-state index is 12.3. The predicted molar refractivity (Wildman–Crippen MR) is 73.6 cm³/mol. The average Bonchev–Trinajstić information content (AvgIpc) is 3.26. The first-order valence-corrected chi connectivity index (χ1v) is 7.25. The van der Waals surface area contributed by atoms with Crippen molar-refractivity contribution in [3.8, 4) is 5.75 Å². The molecule has 1 saturated carbocycles. The molecule has 2 atom stereocenters. The van der Waals surface area contributed by atoms with Crippen LogP contribution in [-0.2, 0) is 9.59 Å². The highest BCUT2D eigenvalue weighted by atomic mass is 19.4. The van der Waals surface area contributed by atoms with Gasteiger partial charge < -0.3 is 15.0 Å². The molecule has 124 valence electrons. The molecule has 8 heteroatoms. The standard InChI is InChI=1S/C15H15F3N2O3/c16-15(17,18)23-10-3-1-9(2-4-10)11-7-12(11)14(22)20-6-5-19-13(21)8-20/h1-4,11-12H,5-8H2,(H,19,21)/t11-,12+/m0/s1. The van der Waals surface area contributed by atoms with Crippen molar-refractivity contribution in [3.63, 3.8) is 0 Å². The van der Waals surface area contributed by atoms with Crippen molar-refractivity contribution in [2.24, 2.45) is 5.92 Å². The van der Waals surface area contributed by atoms with Gasteiger partial charge in [-0.1, -0.05) is 12.1 Å². The zero-order valence-corrected chi connectivity index (χ0v) is 12.1. The number of hydrogen-bond donors (Lipinski definition) is 1. The van der Waals surface area contributed by atoms with Crippen molar-refractivity contribution in [3.05, 3.63) is 29.8 Å². The molecule has 1 aromatic rings. The highest BCUT2D eigenvalue weighted by molar-refractivity contribution is 5.89. The zero-order chi connectivity index (χ0) is 16.6. The van der Waals surface area contributed by atoms with Gasteiger partial charge in [0, 0.05) is 19.0 Å². The molecule has 0 aromatic heterocycles. The molecule has 2 fully saturated rings. The zero-order valence-electron chi connectivity index (χ0n) is 12.1. The molecular weight excluding hydrogens is 313 g/mol. The van der Waals surface area contributed by atoms with E-state index >= 15 is 0 Å². The van der Waals surface area contributed by atoms with Crippen molar-refractivity contribution < 1.29 is 27.5 Å². The van der Waals surface area contributed by atoms with Crippen LogP contribution in [0.2, 0.25) is 0 Å². The smallest absolute Gasteiger partial charge is 0.406 e. The van der Waals surface area contributed by atoms with E-state index < -0.39 is 6.36 Å². The summed E-state index contributed by atoms with van der Waals surface area (Å²) in [5, 5.41) is 2.66. The van der Waals surface area contributed by atoms with Gasteiger partial charge in [0.15, 0.2) is 0 Å². The monoisotopic (exact) mass is 328 g/mol. The molecule has 1 aliphatic heterocycles. The second-order valence-corrected chi connectivity index (χ2v) is 5.68. The molecule has 2 amide bonds. The summed E-state index contributed by atoms with van der Waals surface area (Å²) in [6.45, 7) is 1.01. The van der Waals surface area contributed by atoms with Crippen molar-refractivity contribution in [2.75, 3.05) is 19.6 Å². The third-order valence-electron chi connectivity index (χ3n) is 4.00. The number of benzene rings is 1. The lowest BCUT2D eigenvalue weighted by molar-refractivity contribution is -0.274. The number of ether oxygens (including phenoxy) is 1. The third kappa shape index (κ3) is 3.75. The summed E-state index contributed by atoms with van der Waals surface area (Å²) >= 11 is 0. The molecule has 1 N–H and O–H groups in total. The Balaban J connectivity index is 1.59. The van der Waals surface area contributed by atoms with Gasteiger partial charge in [-0.25, -0.2) is 0 Å². The topological polar surface area (TPSA) is 58.6 Å². The lowest BCUT2D eigenvalue weighted by Gasteiger charge is -2.26. The summed E-state index contributed by atoms with van der Waals surface area (Å²) in [4.78, 5) is 25.2. The van der Waals surface area contributed by atoms with Crippen LogP contribution < -0.4 is 10.1 Å². The van der Waals surface area contributed by atoms with Gasteiger partial charge in [-0.2, -0.15) is 0 Å². The minimum Gasteiger partial charge on any atom is -0.406 e. The molecule has 1 heterocycles. The number of amides is 2. The van der Waals surface area contributed by atoms with Crippen LogP contribution in [0.1, 0.15) is 17.9 Å². The maximum absolute atomic E-state index is 12.3. The molecule has 5 nitrogen and oxygen atoms in total. The molecule has 0 spiro atoms. The Morgan fingerprint density at radius 1 is 1.26 bits per heavy atom. The first-order valence-electron chi connectivity index (χ1n) is 7.25. The Morgan fingerprint density at radius 2 is 1.96 bits per heavy atom. The molecule has 1 aliphatic carbocycles. The number of nitrogens with one attached hydrogen (secondary N) is 1. The number of piperazine rings is 1. The number of carbonyl (C=O) groups is 2. The van der Waals surface area contributed by atoms with E-state index in [1.165, 1.54) is 17.0 Å². The van der Waals surface area contributed by atoms with Gasteiger partial charge in [0.05, 0.1) is 6.54 Å². The molecule has 0 bridgehead atoms. The Labute approximate surface area is 130 Å².